The fourth-order valence-corrected chi connectivity index (χ4v) is 3.62. The number of ether oxygens (including phenoxy) is 1. The number of nitrogens with one attached hydrogen (secondary N) is 1. The van der Waals surface area contributed by atoms with Crippen LogP contribution in [0.2, 0.25) is 0 Å². The van der Waals surface area contributed by atoms with Gasteiger partial charge in [0.25, 0.3) is 0 Å². The maximum Gasteiger partial charge on any atom is 0.404 e. The quantitative estimate of drug-likeness (QED) is 0.625. The summed E-state index contributed by atoms with van der Waals surface area (Å²) in [5.74, 6) is 1.26. The molecule has 0 saturated heterocycles. The van der Waals surface area contributed by atoms with Gasteiger partial charge < -0.3 is 20.7 Å². The van der Waals surface area contributed by atoms with Crippen LogP contribution in [0.5, 0.6) is 0 Å². The summed E-state index contributed by atoms with van der Waals surface area (Å²) in [5, 5.41) is 3.22. The number of anilines is 3. The summed E-state index contributed by atoms with van der Waals surface area (Å²) in [6, 6.07) is 14.2. The number of nitrogens with two attached hydrogens (primary N) is 1. The third-order valence-electron chi connectivity index (χ3n) is 5.09. The molecule has 31 heavy (non-hydrogen) atoms. The second-order valence-corrected chi connectivity index (χ2v) is 8.17. The van der Waals surface area contributed by atoms with Crippen LogP contribution in [-0.2, 0) is 11.2 Å². The van der Waals surface area contributed by atoms with Crippen molar-refractivity contribution in [2.24, 2.45) is 5.73 Å². The number of rotatable bonds is 6. The van der Waals surface area contributed by atoms with Gasteiger partial charge in [0, 0.05) is 30.2 Å². The highest BCUT2D eigenvalue weighted by atomic mass is 16.5. The molecule has 0 spiro atoms. The van der Waals surface area contributed by atoms with E-state index >= 15 is 0 Å². The summed E-state index contributed by atoms with van der Waals surface area (Å²) in [5.41, 5.74) is 8.84. The monoisotopic (exact) mass is 418 g/mol. The minimum absolute atomic E-state index is 0.106. The van der Waals surface area contributed by atoms with Crippen LogP contribution < -0.4 is 16.0 Å². The molecule has 0 saturated carbocycles. The molecule has 0 aliphatic carbocycles. The Morgan fingerprint density at radius 2 is 2.03 bits per heavy atom. The van der Waals surface area contributed by atoms with Gasteiger partial charge in [-0.3, -0.25) is 4.98 Å². The Morgan fingerprint density at radius 3 is 2.81 bits per heavy atom. The predicted molar refractivity (Wildman–Crippen MR) is 120 cm³/mol. The molecular weight excluding hydrogens is 392 g/mol. The third-order valence-corrected chi connectivity index (χ3v) is 5.09. The minimum atomic E-state index is -0.808. The maximum absolute atomic E-state index is 10.9. The molecule has 1 aliphatic rings. The maximum atomic E-state index is 10.9. The summed E-state index contributed by atoms with van der Waals surface area (Å²) < 4.78 is 4.93. The van der Waals surface area contributed by atoms with E-state index in [-0.39, 0.29) is 6.61 Å². The smallest absolute Gasteiger partial charge is 0.404 e. The summed E-state index contributed by atoms with van der Waals surface area (Å²) in [6.45, 7) is 4.74. The molecule has 1 amide bonds. The normalized spacial score (nSPS) is 13.4. The standard InChI is InChI=1S/C23H26N6O2/c1-23(2,15-31-21(24)30)28-22-25-11-10-20(27-22)29-12-6-9-17-14-26-18(13-19(17)29)16-7-4-3-5-8-16/h3-5,7-8,10-11,13-14H,6,9,12,15H2,1-2H3,(H2,24,30)(H,25,27,28). The fourth-order valence-electron chi connectivity index (χ4n) is 3.62. The first-order valence-electron chi connectivity index (χ1n) is 10.3. The van der Waals surface area contributed by atoms with Crippen molar-refractivity contribution in [3.63, 3.8) is 0 Å². The molecule has 2 aromatic heterocycles. The van der Waals surface area contributed by atoms with Crippen LogP contribution in [-0.4, -0.2) is 39.7 Å². The Bertz CT molecular complexity index is 1070. The molecule has 160 valence electrons. The van der Waals surface area contributed by atoms with Gasteiger partial charge in [-0.05, 0) is 44.4 Å². The fraction of sp³-hybridized carbons (Fsp3) is 0.304. The average molecular weight is 419 g/mol. The van der Waals surface area contributed by atoms with Crippen molar-refractivity contribution in [2.75, 3.05) is 23.4 Å². The zero-order valence-electron chi connectivity index (χ0n) is 17.7. The van der Waals surface area contributed by atoms with Crippen LogP contribution in [0.3, 0.4) is 0 Å². The Morgan fingerprint density at radius 1 is 1.23 bits per heavy atom. The largest absolute Gasteiger partial charge is 0.447 e. The lowest BCUT2D eigenvalue weighted by Crippen LogP contribution is -2.39. The predicted octanol–water partition coefficient (Wildman–Crippen LogP) is 3.91. The van der Waals surface area contributed by atoms with Crippen LogP contribution in [0.4, 0.5) is 22.2 Å². The van der Waals surface area contributed by atoms with Crippen LogP contribution in [0.1, 0.15) is 25.8 Å². The summed E-state index contributed by atoms with van der Waals surface area (Å²) in [7, 11) is 0. The number of benzene rings is 1. The van der Waals surface area contributed by atoms with Crippen molar-refractivity contribution >= 4 is 23.5 Å². The molecule has 0 bridgehead atoms. The lowest BCUT2D eigenvalue weighted by Gasteiger charge is -2.31. The van der Waals surface area contributed by atoms with Gasteiger partial charge in [-0.25, -0.2) is 9.78 Å². The number of hydrogen-bond acceptors (Lipinski definition) is 7. The molecule has 1 aliphatic heterocycles. The van der Waals surface area contributed by atoms with Crippen molar-refractivity contribution < 1.29 is 9.53 Å². The van der Waals surface area contributed by atoms with Gasteiger partial charge in [0.2, 0.25) is 5.95 Å². The Hall–Kier alpha value is -3.68. The van der Waals surface area contributed by atoms with E-state index in [1.807, 2.05) is 44.3 Å². The van der Waals surface area contributed by atoms with E-state index in [1.165, 1.54) is 5.56 Å². The van der Waals surface area contributed by atoms with E-state index in [2.05, 4.69) is 38.4 Å². The number of aryl methyl sites for hydroxylation is 1. The molecule has 0 radical (unpaired) electrons. The first-order valence-corrected chi connectivity index (χ1v) is 10.3. The van der Waals surface area contributed by atoms with Crippen LogP contribution in [0, 0.1) is 0 Å². The number of pyridine rings is 1. The molecular formula is C23H26N6O2. The highest BCUT2D eigenvalue weighted by Crippen LogP contribution is 2.35. The van der Waals surface area contributed by atoms with E-state index in [0.29, 0.717) is 5.95 Å². The van der Waals surface area contributed by atoms with Gasteiger partial charge in [-0.15, -0.1) is 0 Å². The highest BCUT2D eigenvalue weighted by Gasteiger charge is 2.24. The molecule has 1 aromatic carbocycles. The van der Waals surface area contributed by atoms with Gasteiger partial charge >= 0.3 is 6.09 Å². The lowest BCUT2D eigenvalue weighted by atomic mass is 10.0. The summed E-state index contributed by atoms with van der Waals surface area (Å²) in [4.78, 5) is 26.9. The van der Waals surface area contributed by atoms with Gasteiger partial charge in [-0.2, -0.15) is 4.98 Å². The number of carbonyl (C=O) groups excluding carboxylic acids is 1. The highest BCUT2D eigenvalue weighted by molar-refractivity contribution is 5.72. The van der Waals surface area contributed by atoms with Gasteiger partial charge in [0.05, 0.1) is 11.2 Å². The van der Waals surface area contributed by atoms with E-state index in [0.717, 1.165) is 42.1 Å². The molecule has 0 atom stereocenters. The minimum Gasteiger partial charge on any atom is -0.447 e. The van der Waals surface area contributed by atoms with Gasteiger partial charge in [-0.1, -0.05) is 30.3 Å². The molecule has 3 heterocycles. The Balaban J connectivity index is 1.61. The van der Waals surface area contributed by atoms with E-state index in [4.69, 9.17) is 15.5 Å². The number of fused-ring (bicyclic) bond motifs is 1. The zero-order valence-corrected chi connectivity index (χ0v) is 17.7. The van der Waals surface area contributed by atoms with Crippen molar-refractivity contribution in [2.45, 2.75) is 32.2 Å². The molecule has 0 fully saturated rings. The SMILES string of the molecule is CC(C)(COC(N)=O)Nc1nccc(N2CCCc3cnc(-c4ccccc4)cc32)n1. The first-order chi connectivity index (χ1) is 14.9. The van der Waals surface area contributed by atoms with E-state index in [9.17, 15) is 4.79 Å². The molecule has 3 N–H and O–H groups in total. The topological polar surface area (TPSA) is 106 Å². The molecule has 8 nitrogen and oxygen atoms in total. The van der Waals surface area contributed by atoms with Crippen molar-refractivity contribution in [1.82, 2.24) is 15.0 Å². The molecule has 8 heteroatoms. The number of amides is 1. The third kappa shape index (κ3) is 4.91. The van der Waals surface area contributed by atoms with Crippen molar-refractivity contribution in [1.29, 1.82) is 0 Å². The number of hydrogen-bond donors (Lipinski definition) is 2. The lowest BCUT2D eigenvalue weighted by molar-refractivity contribution is 0.138. The molecule has 4 rings (SSSR count). The van der Waals surface area contributed by atoms with Gasteiger partial charge in [0.1, 0.15) is 12.4 Å². The second-order valence-electron chi connectivity index (χ2n) is 8.17. The summed E-state index contributed by atoms with van der Waals surface area (Å²) in [6.07, 6.45) is 4.89. The first kappa shape index (κ1) is 20.6. The Kier molecular flexibility index (Phi) is 5.70. The average Bonchev–Trinajstić information content (AvgIpc) is 2.77. The zero-order chi connectivity index (χ0) is 21.8. The van der Waals surface area contributed by atoms with Crippen molar-refractivity contribution in [3.8, 4) is 11.3 Å². The van der Waals surface area contributed by atoms with Gasteiger partial charge in [0.15, 0.2) is 0 Å². The molecule has 3 aromatic rings. The van der Waals surface area contributed by atoms with Crippen LogP contribution in [0.25, 0.3) is 11.3 Å². The Labute approximate surface area is 181 Å². The van der Waals surface area contributed by atoms with E-state index in [1.54, 1.807) is 6.20 Å². The van der Waals surface area contributed by atoms with E-state index < -0.39 is 11.6 Å². The van der Waals surface area contributed by atoms with Crippen LogP contribution >= 0.6 is 0 Å². The van der Waals surface area contributed by atoms with Crippen molar-refractivity contribution in [3.05, 3.63) is 60.4 Å². The number of nitrogens with zero attached hydrogens (tertiary/aromatic N) is 4. The van der Waals surface area contributed by atoms with Crippen LogP contribution in [0.15, 0.2) is 54.9 Å². The number of aromatic nitrogens is 3. The number of primary amides is 1. The second kappa shape index (κ2) is 8.59. The summed E-state index contributed by atoms with van der Waals surface area (Å²) >= 11 is 0. The number of carbonyl (C=O) groups is 1. The molecule has 0 unspecified atom stereocenters.